The number of carboxylic acids is 1. The van der Waals surface area contributed by atoms with Gasteiger partial charge in [-0.2, -0.15) is 21.4 Å². The molecule has 1 aliphatic carbocycles. The van der Waals surface area contributed by atoms with E-state index in [1.165, 1.54) is 12.1 Å². The molecule has 2 aromatic carbocycles. The molecular weight excluding hydrogens is 861 g/mol. The molecule has 18 heteroatoms. The van der Waals surface area contributed by atoms with Crippen LogP contribution >= 0.6 is 0 Å². The highest BCUT2D eigenvalue weighted by Crippen LogP contribution is 2.49. The van der Waals surface area contributed by atoms with E-state index in [2.05, 4.69) is 60.4 Å². The molecule has 0 saturated heterocycles. The average molecular weight is 926 g/mol. The summed E-state index contributed by atoms with van der Waals surface area (Å²) in [5.74, 6) is -2.92. The second-order valence-electron chi connectivity index (χ2n) is 18.1. The van der Waals surface area contributed by atoms with Crippen molar-refractivity contribution in [3.8, 4) is 0 Å². The predicted octanol–water partition coefficient (Wildman–Crippen LogP) is 4.66. The summed E-state index contributed by atoms with van der Waals surface area (Å²) in [6.45, 7) is 13.7. The lowest BCUT2D eigenvalue weighted by Crippen LogP contribution is -2.51. The largest absolute Gasteiger partial charge is 0.481 e. The number of hydrogen-bond donors (Lipinski definition) is 5. The number of ketones is 1. The normalized spacial score (nSPS) is 18.6. The first-order valence-corrected chi connectivity index (χ1v) is 24.8. The summed E-state index contributed by atoms with van der Waals surface area (Å²) in [6, 6.07) is 10.8. The first kappa shape index (κ1) is 50.3. The number of aliphatic carboxylic acids is 1. The van der Waals surface area contributed by atoms with Crippen LogP contribution in [0.4, 0.5) is 11.4 Å². The zero-order chi connectivity index (χ0) is 47.4. The Morgan fingerprint density at radius 1 is 0.875 bits per heavy atom. The van der Waals surface area contributed by atoms with Crippen molar-refractivity contribution in [3.63, 3.8) is 0 Å². The Bertz CT molecular complexity index is 2490. The number of para-hydroxylation sites is 1. The fourth-order valence-electron chi connectivity index (χ4n) is 8.75. The zero-order valence-corrected chi connectivity index (χ0v) is 39.9. The minimum atomic E-state index is -4.73. The van der Waals surface area contributed by atoms with Gasteiger partial charge in [-0.1, -0.05) is 45.4 Å². The minimum absolute atomic E-state index is 0.0970. The number of likely N-dealkylation sites (N-methyl/N-ethyl adjacent to an activating group) is 1. The summed E-state index contributed by atoms with van der Waals surface area (Å²) in [5, 5.41) is 14.8. The second-order valence-corrected chi connectivity index (χ2v) is 21.0. The Balaban J connectivity index is 1.55. The third-order valence-electron chi connectivity index (χ3n) is 12.6. The van der Waals surface area contributed by atoms with Gasteiger partial charge in [-0.15, -0.1) is 0 Å². The molecule has 0 fully saturated rings. The predicted molar refractivity (Wildman–Crippen MR) is 248 cm³/mol. The summed E-state index contributed by atoms with van der Waals surface area (Å²) in [4.78, 5) is 45.6. The molecule has 5 rings (SSSR count). The minimum Gasteiger partial charge on any atom is -0.481 e. The van der Waals surface area contributed by atoms with E-state index >= 15 is 0 Å². The van der Waals surface area contributed by atoms with E-state index in [-0.39, 0.29) is 40.5 Å². The lowest BCUT2D eigenvalue weighted by molar-refractivity contribution is -0.401. The number of carbonyl (C=O) groups excluding carboxylic acids is 2. The highest BCUT2D eigenvalue weighted by molar-refractivity contribution is 7.86. The summed E-state index contributed by atoms with van der Waals surface area (Å²) in [7, 11) is -3.55. The first-order valence-electron chi connectivity index (χ1n) is 21.8. The number of carbonyl (C=O) groups is 3. The number of hydrogen-bond acceptors (Lipinski definition) is 11. The maximum atomic E-state index is 14.6. The second kappa shape index (κ2) is 20.2. The van der Waals surface area contributed by atoms with Gasteiger partial charge in [-0.3, -0.25) is 23.5 Å². The van der Waals surface area contributed by atoms with Gasteiger partial charge in [0, 0.05) is 66.1 Å². The van der Waals surface area contributed by atoms with Gasteiger partial charge in [-0.25, -0.2) is 0 Å². The van der Waals surface area contributed by atoms with E-state index < -0.39 is 54.7 Å². The van der Waals surface area contributed by atoms with E-state index in [9.17, 15) is 40.3 Å². The van der Waals surface area contributed by atoms with Crippen LogP contribution in [-0.2, 0) is 45.4 Å². The van der Waals surface area contributed by atoms with Crippen molar-refractivity contribution in [1.82, 2.24) is 20.4 Å². The lowest BCUT2D eigenvalue weighted by Gasteiger charge is -2.32. The molecule has 64 heavy (non-hydrogen) atoms. The van der Waals surface area contributed by atoms with E-state index in [0.717, 1.165) is 55.7 Å². The molecule has 0 saturated carbocycles. The van der Waals surface area contributed by atoms with E-state index in [1.54, 1.807) is 19.2 Å². The van der Waals surface area contributed by atoms with Crippen LogP contribution in [0.25, 0.3) is 0 Å². The van der Waals surface area contributed by atoms with E-state index in [4.69, 9.17) is 5.11 Å². The monoisotopic (exact) mass is 925 g/mol. The van der Waals surface area contributed by atoms with Gasteiger partial charge in [0.25, 0.3) is 20.2 Å². The summed E-state index contributed by atoms with van der Waals surface area (Å²) in [6.07, 6.45) is 7.43. The van der Waals surface area contributed by atoms with Gasteiger partial charge in [0.05, 0.1) is 21.6 Å². The van der Waals surface area contributed by atoms with E-state index in [0.29, 0.717) is 43.0 Å². The van der Waals surface area contributed by atoms with Gasteiger partial charge >= 0.3 is 5.97 Å². The van der Waals surface area contributed by atoms with Crippen LogP contribution in [0.1, 0.15) is 84.3 Å². The van der Waals surface area contributed by atoms with Gasteiger partial charge in [-0.05, 0) is 103 Å². The number of unbranched alkanes of at least 4 members (excludes halogenated alkanes) is 3. The number of allylic oxidation sites excluding steroid dienone is 5. The molecule has 1 amide bonds. The molecule has 0 bridgehead atoms. The standard InChI is InChI=1S/C46H64N6O10S2/c1-9-49(6)23-15-16-25-52-38-18-13-12-17-34(38)45(2,3)40(52)29-33-42(48-36(30-63(57,58)59)44(56)47-22-26-50(7)24-14-10-11-19-41(53)54)32(43(33)55)28-39-46(4,5)35-27-31(64(60,61)62)20-21-37(35)51(39)8/h12-13,17-18,20-21,27-29,36H,9-11,14-16,19,22-26,30H2,1-8H3,(H4-,47,48,53,54,55,56,57,58,59,60,61,62)/p+1. The SMILES string of the molecule is CCN(C)CCCCN1/C(=C/C2=C(NC(CS(=O)(=O)O)C(=O)NCCN(C)CCCCCC(=O)O)C(=C/C3=[N+](C)c4ccc(S(=O)(=O)O)cc4C3(C)C)/C2=O)C(C)(C)c2ccccc21. The van der Waals surface area contributed by atoms with Crippen molar-refractivity contribution >= 4 is 55.0 Å². The molecule has 2 aliphatic heterocycles. The quantitative estimate of drug-likeness (QED) is 0.0444. The molecule has 350 valence electrons. The number of fused-ring (bicyclic) bond motifs is 2. The number of anilines is 1. The molecule has 0 spiro atoms. The van der Waals surface area contributed by atoms with Gasteiger partial charge in [0.1, 0.15) is 18.8 Å². The van der Waals surface area contributed by atoms with E-state index in [1.807, 2.05) is 48.6 Å². The molecule has 16 nitrogen and oxygen atoms in total. The van der Waals surface area contributed by atoms with Crippen LogP contribution in [0.15, 0.2) is 82.1 Å². The maximum absolute atomic E-state index is 14.6. The fraction of sp³-hybridized carbons (Fsp3) is 0.522. The van der Waals surface area contributed by atoms with Crippen molar-refractivity contribution in [2.75, 3.05) is 71.1 Å². The van der Waals surface area contributed by atoms with Crippen molar-refractivity contribution in [2.45, 2.75) is 94.9 Å². The summed E-state index contributed by atoms with van der Waals surface area (Å²) in [5.41, 5.74) is 3.91. The average Bonchev–Trinajstić information content (AvgIpc) is 3.54. The lowest BCUT2D eigenvalue weighted by atomic mass is 9.76. The van der Waals surface area contributed by atoms with Crippen LogP contribution in [-0.4, -0.2) is 141 Å². The number of benzene rings is 2. The molecule has 2 heterocycles. The number of carboxylic acid groups (broad SMARTS) is 1. The Morgan fingerprint density at radius 3 is 2.20 bits per heavy atom. The Kier molecular flexibility index (Phi) is 15.9. The van der Waals surface area contributed by atoms with Crippen molar-refractivity contribution < 1.29 is 50.0 Å². The number of nitrogens with one attached hydrogen (secondary N) is 2. The molecule has 1 unspecified atom stereocenters. The van der Waals surface area contributed by atoms with Gasteiger partial charge in [0.15, 0.2) is 11.5 Å². The Labute approximate surface area is 378 Å². The molecule has 3 aliphatic rings. The van der Waals surface area contributed by atoms with Gasteiger partial charge < -0.3 is 30.4 Å². The molecule has 2 aromatic rings. The highest BCUT2D eigenvalue weighted by atomic mass is 32.2. The third-order valence-corrected chi connectivity index (χ3v) is 14.2. The Hall–Kier alpha value is -4.72. The van der Waals surface area contributed by atoms with Crippen LogP contribution in [0.3, 0.4) is 0 Å². The number of rotatable bonds is 23. The molecule has 1 atom stereocenters. The maximum Gasteiger partial charge on any atom is 0.303 e. The summed E-state index contributed by atoms with van der Waals surface area (Å²) >= 11 is 0. The van der Waals surface area contributed by atoms with Crippen LogP contribution in [0.2, 0.25) is 0 Å². The van der Waals surface area contributed by atoms with Crippen molar-refractivity contribution in [1.29, 1.82) is 0 Å². The number of nitrogens with zero attached hydrogens (tertiary/aromatic N) is 4. The summed E-state index contributed by atoms with van der Waals surface area (Å²) < 4.78 is 71.1. The zero-order valence-electron chi connectivity index (χ0n) is 38.3. The fourth-order valence-corrected chi connectivity index (χ4v) is 9.91. The van der Waals surface area contributed by atoms with Crippen LogP contribution in [0.5, 0.6) is 0 Å². The van der Waals surface area contributed by atoms with Crippen molar-refractivity contribution in [3.05, 3.63) is 88.3 Å². The molecule has 0 radical (unpaired) electrons. The van der Waals surface area contributed by atoms with Crippen LogP contribution in [0, 0.1) is 0 Å². The smallest absolute Gasteiger partial charge is 0.303 e. The van der Waals surface area contributed by atoms with Crippen LogP contribution < -0.4 is 15.5 Å². The highest BCUT2D eigenvalue weighted by Gasteiger charge is 2.47. The molecule has 5 N–H and O–H groups in total. The van der Waals surface area contributed by atoms with Crippen molar-refractivity contribution in [2.24, 2.45) is 0 Å². The molecule has 0 aromatic heterocycles. The Morgan fingerprint density at radius 2 is 1.55 bits per heavy atom. The number of Topliss-reactive ketones (excluding diaryl/α,β-unsaturated/α-hetero) is 1. The number of amides is 1. The molecular formula is C46H65N6O10S2+. The topological polar surface area (TPSA) is 217 Å². The first-order chi connectivity index (χ1) is 29.9. The van der Waals surface area contributed by atoms with Gasteiger partial charge in [0.2, 0.25) is 11.6 Å². The third kappa shape index (κ3) is 11.6.